The van der Waals surface area contributed by atoms with Gasteiger partial charge in [0, 0.05) is 24.4 Å². The predicted molar refractivity (Wildman–Crippen MR) is 168 cm³/mol. The number of hydrogen-bond acceptors (Lipinski definition) is 4. The molecule has 1 aliphatic carbocycles. The average Bonchev–Trinajstić information content (AvgIpc) is 3.40. The molecule has 1 aliphatic rings. The van der Waals surface area contributed by atoms with Crippen LogP contribution in [0.2, 0.25) is 0 Å². The zero-order valence-electron chi connectivity index (χ0n) is 25.0. The molecule has 3 aromatic carbocycles. The van der Waals surface area contributed by atoms with Crippen LogP contribution in [-0.2, 0) is 28.9 Å². The smallest absolute Gasteiger partial charge is 0.347 e. The Labute approximate surface area is 250 Å². The highest BCUT2D eigenvalue weighted by Crippen LogP contribution is 2.27. The van der Waals surface area contributed by atoms with E-state index in [1.807, 2.05) is 49.4 Å². The Morgan fingerprint density at radius 3 is 2.26 bits per heavy atom. The highest BCUT2D eigenvalue weighted by molar-refractivity contribution is 5.75. The molecular weight excluding hydrogens is 522 g/mol. The van der Waals surface area contributed by atoms with Crippen LogP contribution in [0.5, 0.6) is 11.5 Å². The van der Waals surface area contributed by atoms with E-state index in [1.54, 1.807) is 0 Å². The molecule has 0 bridgehead atoms. The number of ether oxygens (including phenoxy) is 3. The summed E-state index contributed by atoms with van der Waals surface area (Å²) in [6.07, 6.45) is 7.36. The lowest BCUT2D eigenvalue weighted by molar-refractivity contribution is -0.151. The first-order chi connectivity index (χ1) is 20.6. The number of carbonyl (C=O) groups is 1. The predicted octanol–water partition coefficient (Wildman–Crippen LogP) is 8.22. The minimum Gasteiger partial charge on any atom is -0.493 e. The maximum Gasteiger partial charge on any atom is 0.347 e. The highest BCUT2D eigenvalue weighted by atomic mass is 16.6. The van der Waals surface area contributed by atoms with Crippen molar-refractivity contribution in [2.24, 2.45) is 5.92 Å². The molecule has 0 unspecified atom stereocenters. The van der Waals surface area contributed by atoms with Gasteiger partial charge in [0.2, 0.25) is 0 Å². The third-order valence-corrected chi connectivity index (χ3v) is 8.20. The maximum absolute atomic E-state index is 12.6. The molecule has 220 valence electrons. The van der Waals surface area contributed by atoms with E-state index in [2.05, 4.69) is 60.0 Å². The minimum absolute atomic E-state index is 0.321. The summed E-state index contributed by atoms with van der Waals surface area (Å²) in [5, 5.41) is 0. The number of aromatic nitrogens is 1. The number of nitrogens with zero attached hydrogens (tertiary/aromatic N) is 1. The Morgan fingerprint density at radius 2 is 1.55 bits per heavy atom. The van der Waals surface area contributed by atoms with E-state index in [0.29, 0.717) is 24.7 Å². The summed E-state index contributed by atoms with van der Waals surface area (Å²) in [6, 6.07) is 30.8. The van der Waals surface area contributed by atoms with Crippen LogP contribution < -0.4 is 9.47 Å². The molecule has 0 radical (unpaired) electrons. The second-order valence-corrected chi connectivity index (χ2v) is 11.3. The van der Waals surface area contributed by atoms with Gasteiger partial charge in [0.1, 0.15) is 11.5 Å². The SMILES string of the molecule is CCOC(=O)[C@@H](Cc1ccccc1)Oc1ccc(-c2ccc(C)n2CCc2ccc(OCC3CCCCC3)cc2)cc1. The van der Waals surface area contributed by atoms with E-state index in [-0.39, 0.29) is 5.97 Å². The van der Waals surface area contributed by atoms with Gasteiger partial charge in [-0.1, -0.05) is 61.7 Å². The Hall–Kier alpha value is -3.99. The van der Waals surface area contributed by atoms with E-state index in [1.165, 1.54) is 43.4 Å². The molecule has 0 amide bonds. The summed E-state index contributed by atoms with van der Waals surface area (Å²) in [4.78, 5) is 12.6. The van der Waals surface area contributed by atoms with Crippen molar-refractivity contribution in [1.82, 2.24) is 4.57 Å². The standard InChI is InChI=1S/C37H43NO4/c1-3-40-37(39)36(26-30-10-6-4-7-11-30)42-34-21-17-32(18-22-34)35-23-14-28(2)38(35)25-24-29-15-19-33(20-16-29)41-27-31-12-8-5-9-13-31/h4,6-7,10-11,14-23,31,36H,3,5,8-9,12-13,24-27H2,1-2H3/t36-/m1/s1. The van der Waals surface area contributed by atoms with Crippen LogP contribution in [0.25, 0.3) is 11.3 Å². The fourth-order valence-corrected chi connectivity index (χ4v) is 5.78. The van der Waals surface area contributed by atoms with Crippen molar-refractivity contribution in [3.05, 3.63) is 108 Å². The van der Waals surface area contributed by atoms with Crippen LogP contribution in [0.4, 0.5) is 0 Å². The van der Waals surface area contributed by atoms with Crippen LogP contribution in [0.1, 0.15) is 55.8 Å². The van der Waals surface area contributed by atoms with Gasteiger partial charge in [-0.15, -0.1) is 0 Å². The highest BCUT2D eigenvalue weighted by Gasteiger charge is 2.22. The normalized spacial score (nSPS) is 14.3. The van der Waals surface area contributed by atoms with Crippen LogP contribution in [-0.4, -0.2) is 29.9 Å². The third-order valence-electron chi connectivity index (χ3n) is 8.20. The van der Waals surface area contributed by atoms with Crippen LogP contribution in [0.15, 0.2) is 91.0 Å². The monoisotopic (exact) mass is 565 g/mol. The van der Waals surface area contributed by atoms with Gasteiger partial charge >= 0.3 is 5.97 Å². The van der Waals surface area contributed by atoms with Crippen molar-refractivity contribution in [2.45, 2.75) is 71.4 Å². The van der Waals surface area contributed by atoms with E-state index < -0.39 is 6.10 Å². The largest absolute Gasteiger partial charge is 0.493 e. The molecule has 1 heterocycles. The Morgan fingerprint density at radius 1 is 0.833 bits per heavy atom. The van der Waals surface area contributed by atoms with Gasteiger partial charge in [0.15, 0.2) is 6.10 Å². The van der Waals surface area contributed by atoms with E-state index in [4.69, 9.17) is 14.2 Å². The second-order valence-electron chi connectivity index (χ2n) is 11.3. The molecule has 5 nitrogen and oxygen atoms in total. The molecule has 42 heavy (non-hydrogen) atoms. The Bertz CT molecular complexity index is 1390. The lowest BCUT2D eigenvalue weighted by atomic mass is 9.90. The van der Waals surface area contributed by atoms with Crippen LogP contribution in [0.3, 0.4) is 0 Å². The van der Waals surface area contributed by atoms with Crippen molar-refractivity contribution >= 4 is 5.97 Å². The van der Waals surface area contributed by atoms with Gasteiger partial charge in [-0.3, -0.25) is 0 Å². The Balaban J connectivity index is 1.20. The average molecular weight is 566 g/mol. The van der Waals surface area contributed by atoms with E-state index in [9.17, 15) is 4.79 Å². The summed E-state index contributed by atoms with van der Waals surface area (Å²) < 4.78 is 19.9. The molecule has 1 fully saturated rings. The summed E-state index contributed by atoms with van der Waals surface area (Å²) in [6.45, 7) is 6.01. The molecule has 0 N–H and O–H groups in total. The first-order valence-electron chi connectivity index (χ1n) is 15.4. The molecule has 5 heteroatoms. The van der Waals surface area contributed by atoms with Gasteiger partial charge in [0.05, 0.1) is 13.2 Å². The molecule has 1 saturated carbocycles. The molecule has 4 aromatic rings. The number of hydrogen-bond donors (Lipinski definition) is 0. The fraction of sp³-hybridized carbons (Fsp3) is 0.378. The van der Waals surface area contributed by atoms with Crippen molar-refractivity contribution in [3.63, 3.8) is 0 Å². The lowest BCUT2D eigenvalue weighted by Gasteiger charge is -2.21. The van der Waals surface area contributed by atoms with Crippen molar-refractivity contribution < 1.29 is 19.0 Å². The second kappa shape index (κ2) is 14.8. The van der Waals surface area contributed by atoms with Crippen molar-refractivity contribution in [2.75, 3.05) is 13.2 Å². The van der Waals surface area contributed by atoms with Crippen LogP contribution >= 0.6 is 0 Å². The van der Waals surface area contributed by atoms with Gasteiger partial charge in [-0.2, -0.15) is 0 Å². The van der Waals surface area contributed by atoms with Gasteiger partial charge < -0.3 is 18.8 Å². The number of carbonyl (C=O) groups excluding carboxylic acids is 1. The Kier molecular flexibility index (Phi) is 10.4. The van der Waals surface area contributed by atoms with Crippen molar-refractivity contribution in [1.29, 1.82) is 0 Å². The summed E-state index contributed by atoms with van der Waals surface area (Å²) >= 11 is 0. The zero-order valence-corrected chi connectivity index (χ0v) is 25.0. The number of aryl methyl sites for hydroxylation is 2. The lowest BCUT2D eigenvalue weighted by Crippen LogP contribution is -2.31. The number of benzene rings is 3. The summed E-state index contributed by atoms with van der Waals surface area (Å²) in [7, 11) is 0. The molecule has 0 aliphatic heterocycles. The molecule has 1 atom stereocenters. The number of esters is 1. The van der Waals surface area contributed by atoms with Crippen LogP contribution in [0, 0.1) is 12.8 Å². The topological polar surface area (TPSA) is 49.7 Å². The van der Waals surface area contributed by atoms with Gasteiger partial charge in [-0.25, -0.2) is 4.79 Å². The molecule has 0 spiro atoms. The minimum atomic E-state index is -0.701. The van der Waals surface area contributed by atoms with Gasteiger partial charge in [-0.05, 0) is 104 Å². The first-order valence-corrected chi connectivity index (χ1v) is 15.4. The zero-order chi connectivity index (χ0) is 29.1. The summed E-state index contributed by atoms with van der Waals surface area (Å²) in [5.41, 5.74) is 5.83. The maximum atomic E-state index is 12.6. The number of rotatable bonds is 13. The molecule has 0 saturated heterocycles. The fourth-order valence-electron chi connectivity index (χ4n) is 5.78. The van der Waals surface area contributed by atoms with Crippen molar-refractivity contribution in [3.8, 4) is 22.8 Å². The van der Waals surface area contributed by atoms with E-state index >= 15 is 0 Å². The quantitative estimate of drug-likeness (QED) is 0.153. The molecular formula is C37H43NO4. The summed E-state index contributed by atoms with van der Waals surface area (Å²) in [5.74, 6) is 1.98. The van der Waals surface area contributed by atoms with Gasteiger partial charge in [0.25, 0.3) is 0 Å². The third kappa shape index (κ3) is 8.06. The molecule has 5 rings (SSSR count). The molecule has 1 aromatic heterocycles. The van der Waals surface area contributed by atoms with E-state index in [0.717, 1.165) is 42.1 Å². The first kappa shape index (κ1) is 29.5.